The van der Waals surface area contributed by atoms with Crippen LogP contribution in [0.4, 0.5) is 0 Å². The van der Waals surface area contributed by atoms with Crippen LogP contribution in [-0.2, 0) is 14.3 Å². The van der Waals surface area contributed by atoms with Crippen molar-refractivity contribution in [3.63, 3.8) is 0 Å². The summed E-state index contributed by atoms with van der Waals surface area (Å²) in [4.78, 5) is 24.5. The fourth-order valence-corrected chi connectivity index (χ4v) is 11.5. The van der Waals surface area contributed by atoms with Gasteiger partial charge in [-0.3, -0.25) is 9.59 Å². The Bertz CT molecular complexity index is 1230. The minimum Gasteiger partial charge on any atom is -0.466 e. The molecule has 0 heterocycles. The molecule has 0 aliphatic carbocycles. The van der Waals surface area contributed by atoms with E-state index in [2.05, 4.69) is 43.5 Å². The molecule has 6 heteroatoms. The molecule has 0 aromatic heterocycles. The summed E-state index contributed by atoms with van der Waals surface area (Å²) in [7, 11) is 0. The second-order valence-electron chi connectivity index (χ2n) is 24.9. The monoisotopic (exact) mass is 1110 g/mol. The molecule has 2 atom stereocenters. The van der Waals surface area contributed by atoms with Gasteiger partial charge in [0.05, 0.1) is 25.4 Å². The molecule has 0 spiro atoms. The fourth-order valence-electron chi connectivity index (χ4n) is 11.5. The van der Waals surface area contributed by atoms with Gasteiger partial charge in [0, 0.05) is 12.8 Å². The summed E-state index contributed by atoms with van der Waals surface area (Å²) in [5.41, 5.74) is 0. The molecule has 0 fully saturated rings. The highest BCUT2D eigenvalue weighted by Gasteiger charge is 2.20. The van der Waals surface area contributed by atoms with Crippen molar-refractivity contribution >= 4 is 11.9 Å². The van der Waals surface area contributed by atoms with Crippen molar-refractivity contribution in [2.75, 3.05) is 13.2 Å². The number of aliphatic hydroxyl groups is 2. The Balaban J connectivity index is 3.35. The number of aliphatic hydroxyl groups excluding tert-OH is 2. The van der Waals surface area contributed by atoms with Crippen molar-refractivity contribution in [2.45, 2.75) is 418 Å². The van der Waals surface area contributed by atoms with Gasteiger partial charge in [0.1, 0.15) is 0 Å². The molecule has 1 amide bonds. The molecule has 0 saturated heterocycles. The number of esters is 1. The van der Waals surface area contributed by atoms with Crippen molar-refractivity contribution in [1.82, 2.24) is 5.32 Å². The van der Waals surface area contributed by atoms with Crippen molar-refractivity contribution in [2.24, 2.45) is 0 Å². The van der Waals surface area contributed by atoms with Crippen LogP contribution in [0.15, 0.2) is 24.3 Å². The van der Waals surface area contributed by atoms with Crippen LogP contribution in [0.5, 0.6) is 0 Å². The molecule has 0 aliphatic heterocycles. The molecule has 3 N–H and O–H groups in total. The third-order valence-electron chi connectivity index (χ3n) is 17.0. The zero-order valence-electron chi connectivity index (χ0n) is 53.6. The van der Waals surface area contributed by atoms with E-state index in [9.17, 15) is 19.8 Å². The highest BCUT2D eigenvalue weighted by atomic mass is 16.5. The number of carbonyl (C=O) groups is 2. The van der Waals surface area contributed by atoms with Crippen molar-refractivity contribution < 1.29 is 24.5 Å². The maximum Gasteiger partial charge on any atom is 0.305 e. The lowest BCUT2D eigenvalue weighted by Crippen LogP contribution is -2.45. The number of hydrogen-bond acceptors (Lipinski definition) is 5. The van der Waals surface area contributed by atoms with Crippen LogP contribution >= 0.6 is 0 Å². The molecule has 468 valence electrons. The SMILES string of the molecule is CCCCC/C=C\CCCCCCCC(=O)OCCCCCCCCCCCCCC/C=C\CCCCCCCCCCCCCCCCCCCC(=O)NC(CO)C(O)CCCCCCCCCCCCCCCCCCC. The van der Waals surface area contributed by atoms with E-state index in [0.29, 0.717) is 25.9 Å². The van der Waals surface area contributed by atoms with E-state index >= 15 is 0 Å². The van der Waals surface area contributed by atoms with Gasteiger partial charge >= 0.3 is 5.97 Å². The van der Waals surface area contributed by atoms with Gasteiger partial charge in [0.25, 0.3) is 0 Å². The number of carbonyl (C=O) groups excluding carboxylic acids is 2. The van der Waals surface area contributed by atoms with Crippen LogP contribution in [0.25, 0.3) is 0 Å². The van der Waals surface area contributed by atoms with Crippen LogP contribution in [-0.4, -0.2) is 47.4 Å². The normalized spacial score (nSPS) is 12.6. The van der Waals surface area contributed by atoms with Gasteiger partial charge in [0.2, 0.25) is 5.91 Å². The minimum absolute atomic E-state index is 0.00911. The topological polar surface area (TPSA) is 95.9 Å². The van der Waals surface area contributed by atoms with Crippen LogP contribution in [0.3, 0.4) is 0 Å². The molecule has 0 bridgehead atoms. The van der Waals surface area contributed by atoms with Crippen molar-refractivity contribution in [1.29, 1.82) is 0 Å². The fraction of sp³-hybridized carbons (Fsp3) is 0.918. The summed E-state index contributed by atoms with van der Waals surface area (Å²) in [5.74, 6) is -0.0190. The molecule has 0 aliphatic rings. The zero-order chi connectivity index (χ0) is 57.1. The second kappa shape index (κ2) is 68.8. The molecule has 2 unspecified atom stereocenters. The van der Waals surface area contributed by atoms with E-state index < -0.39 is 12.1 Å². The first-order valence-corrected chi connectivity index (χ1v) is 36.1. The molecule has 0 radical (unpaired) electrons. The lowest BCUT2D eigenvalue weighted by Gasteiger charge is -2.22. The van der Waals surface area contributed by atoms with Gasteiger partial charge in [-0.25, -0.2) is 0 Å². The lowest BCUT2D eigenvalue weighted by molar-refractivity contribution is -0.143. The van der Waals surface area contributed by atoms with Gasteiger partial charge in [-0.05, 0) is 77.0 Å². The Morgan fingerprint density at radius 3 is 0.924 bits per heavy atom. The average molecular weight is 1110 g/mol. The number of rotatable bonds is 68. The maximum absolute atomic E-state index is 12.5. The first-order chi connectivity index (χ1) is 39.0. The number of hydrogen-bond donors (Lipinski definition) is 3. The molecule has 79 heavy (non-hydrogen) atoms. The van der Waals surface area contributed by atoms with Crippen LogP contribution in [0.2, 0.25) is 0 Å². The molecular formula is C73H141NO5. The molecule has 0 aromatic carbocycles. The molecule has 0 aromatic rings. The Morgan fingerprint density at radius 1 is 0.342 bits per heavy atom. The summed E-state index contributed by atoms with van der Waals surface area (Å²) in [6, 6.07) is -0.539. The zero-order valence-corrected chi connectivity index (χ0v) is 53.6. The Kier molecular flexibility index (Phi) is 67.4. The molecule has 6 nitrogen and oxygen atoms in total. The van der Waals surface area contributed by atoms with Gasteiger partial charge in [-0.1, -0.05) is 340 Å². The Morgan fingerprint density at radius 2 is 0.595 bits per heavy atom. The summed E-state index contributed by atoms with van der Waals surface area (Å²) in [6.45, 7) is 4.96. The standard InChI is InChI=1S/C73H141NO5/c1-3-5-7-9-11-13-15-17-18-36-39-42-45-49-53-57-61-65-71(76)70(69-75)74-72(77)66-62-58-54-50-46-43-40-37-34-32-30-28-26-24-22-20-19-21-23-25-27-29-31-33-35-38-41-44-48-52-56-60-64-68-79-73(78)67-63-59-55-51-47-16-14-12-10-8-6-4-2/h12,14,23,25,70-71,75-76H,3-11,13,15-22,24,26-69H2,1-2H3,(H,74,77)/b14-12-,25-23-. The van der Waals surface area contributed by atoms with E-state index in [-0.39, 0.29) is 18.5 Å². The minimum atomic E-state index is -0.662. The van der Waals surface area contributed by atoms with Gasteiger partial charge in [-0.15, -0.1) is 0 Å². The highest BCUT2D eigenvalue weighted by Crippen LogP contribution is 2.19. The second-order valence-corrected chi connectivity index (χ2v) is 24.9. The summed E-state index contributed by atoms with van der Waals surface area (Å²) < 4.78 is 5.47. The third kappa shape index (κ3) is 65.4. The molecule has 0 saturated carbocycles. The van der Waals surface area contributed by atoms with E-state index in [0.717, 1.165) is 44.9 Å². The predicted octanol–water partition coefficient (Wildman–Crippen LogP) is 23.3. The largest absolute Gasteiger partial charge is 0.466 e. The first kappa shape index (κ1) is 77.3. The van der Waals surface area contributed by atoms with Gasteiger partial charge in [0.15, 0.2) is 0 Å². The van der Waals surface area contributed by atoms with Crippen LogP contribution in [0, 0.1) is 0 Å². The van der Waals surface area contributed by atoms with E-state index in [1.54, 1.807) is 0 Å². The number of unbranched alkanes of at least 4 members (excludes halogenated alkanes) is 53. The maximum atomic E-state index is 12.5. The van der Waals surface area contributed by atoms with Crippen molar-refractivity contribution in [3.8, 4) is 0 Å². The summed E-state index contributed by atoms with van der Waals surface area (Å²) in [5, 5.41) is 23.4. The van der Waals surface area contributed by atoms with Crippen LogP contribution in [0.1, 0.15) is 406 Å². The number of nitrogens with one attached hydrogen (secondary N) is 1. The number of amides is 1. The van der Waals surface area contributed by atoms with Gasteiger partial charge in [-0.2, -0.15) is 0 Å². The quantitative estimate of drug-likeness (QED) is 0.0320. The van der Waals surface area contributed by atoms with Gasteiger partial charge < -0.3 is 20.3 Å². The first-order valence-electron chi connectivity index (χ1n) is 36.1. The summed E-state index contributed by atoms with van der Waals surface area (Å²) in [6.07, 6.45) is 86.7. The van der Waals surface area contributed by atoms with E-state index in [1.165, 1.54) is 327 Å². The summed E-state index contributed by atoms with van der Waals surface area (Å²) >= 11 is 0. The smallest absolute Gasteiger partial charge is 0.305 e. The predicted molar refractivity (Wildman–Crippen MR) is 347 cm³/mol. The highest BCUT2D eigenvalue weighted by molar-refractivity contribution is 5.76. The molecular weight excluding hydrogens is 971 g/mol. The Labute approximate surface area is 494 Å². The number of ether oxygens (including phenoxy) is 1. The average Bonchev–Trinajstić information content (AvgIpc) is 3.45. The third-order valence-corrected chi connectivity index (χ3v) is 17.0. The Hall–Kier alpha value is -1.66. The number of allylic oxidation sites excluding steroid dienone is 4. The van der Waals surface area contributed by atoms with Crippen LogP contribution < -0.4 is 5.32 Å². The van der Waals surface area contributed by atoms with E-state index in [4.69, 9.17) is 4.74 Å². The van der Waals surface area contributed by atoms with E-state index in [1.807, 2.05) is 0 Å². The lowest BCUT2D eigenvalue weighted by atomic mass is 10.0. The molecule has 0 rings (SSSR count). The van der Waals surface area contributed by atoms with Crippen molar-refractivity contribution in [3.05, 3.63) is 24.3 Å².